The van der Waals surface area contributed by atoms with Crippen LogP contribution in [0.5, 0.6) is 5.75 Å². The number of carbonyl (C=O) groups is 2. The van der Waals surface area contributed by atoms with Gasteiger partial charge in [-0.2, -0.15) is 0 Å². The number of hydrogen-bond acceptors (Lipinski definition) is 5. The van der Waals surface area contributed by atoms with Crippen LogP contribution in [-0.2, 0) is 4.79 Å². The van der Waals surface area contributed by atoms with Gasteiger partial charge in [0.25, 0.3) is 11.6 Å². The van der Waals surface area contributed by atoms with Gasteiger partial charge in [0, 0.05) is 24.4 Å². The fourth-order valence-corrected chi connectivity index (χ4v) is 3.29. The van der Waals surface area contributed by atoms with Gasteiger partial charge in [0.15, 0.2) is 0 Å². The lowest BCUT2D eigenvalue weighted by Crippen LogP contribution is -2.42. The maximum absolute atomic E-state index is 12.9. The van der Waals surface area contributed by atoms with E-state index in [0.29, 0.717) is 17.1 Å². The highest BCUT2D eigenvalue weighted by Gasteiger charge is 2.37. The molecule has 3 rings (SSSR count). The number of benzene rings is 2. The zero-order chi connectivity index (χ0) is 22.1. The van der Waals surface area contributed by atoms with Crippen molar-refractivity contribution in [2.24, 2.45) is 5.41 Å². The van der Waals surface area contributed by atoms with Crippen LogP contribution in [-0.4, -0.2) is 29.9 Å². The highest BCUT2D eigenvalue weighted by Crippen LogP contribution is 2.38. The van der Waals surface area contributed by atoms with Crippen molar-refractivity contribution in [3.8, 4) is 5.75 Å². The van der Waals surface area contributed by atoms with E-state index in [0.717, 1.165) is 6.07 Å². The number of nitrogens with one attached hydrogen (secondary N) is 1. The molecular formula is C21H20ClN3O5. The van der Waals surface area contributed by atoms with Crippen LogP contribution in [0.15, 0.2) is 49.1 Å². The van der Waals surface area contributed by atoms with E-state index in [1.807, 2.05) is 0 Å². The summed E-state index contributed by atoms with van der Waals surface area (Å²) in [6, 6.07) is 8.57. The van der Waals surface area contributed by atoms with Gasteiger partial charge in [-0.25, -0.2) is 0 Å². The Labute approximate surface area is 178 Å². The summed E-state index contributed by atoms with van der Waals surface area (Å²) < 4.78 is 5.82. The molecule has 0 saturated carbocycles. The van der Waals surface area contributed by atoms with E-state index in [1.165, 1.54) is 12.1 Å². The maximum Gasteiger partial charge on any atom is 0.270 e. The van der Waals surface area contributed by atoms with Crippen LogP contribution in [0.3, 0.4) is 0 Å². The number of fused-ring (bicyclic) bond motifs is 1. The average Bonchev–Trinajstić information content (AvgIpc) is 2.78. The standard InChI is InChI=1S/C21H20ClN3O5/c1-4-9-24-17-10-13(5-8-18(17)30-12-21(2,3)20(24)27)23-19(26)15-7-6-14(25(28)29)11-16(15)22/h4-8,10-11H,1,9,12H2,2-3H3,(H,23,26). The minimum Gasteiger partial charge on any atom is -0.490 e. The van der Waals surface area contributed by atoms with E-state index in [4.69, 9.17) is 16.3 Å². The summed E-state index contributed by atoms with van der Waals surface area (Å²) >= 11 is 6.04. The molecule has 0 spiro atoms. The summed E-state index contributed by atoms with van der Waals surface area (Å²) in [6.07, 6.45) is 1.62. The Morgan fingerprint density at radius 2 is 2.10 bits per heavy atom. The Balaban J connectivity index is 1.92. The van der Waals surface area contributed by atoms with Crippen LogP contribution in [0.2, 0.25) is 5.02 Å². The van der Waals surface area contributed by atoms with Crippen LogP contribution >= 0.6 is 11.6 Å². The van der Waals surface area contributed by atoms with Crippen LogP contribution in [0, 0.1) is 15.5 Å². The molecule has 0 aromatic heterocycles. The second kappa shape index (κ2) is 8.16. The molecule has 156 valence electrons. The molecular weight excluding hydrogens is 410 g/mol. The van der Waals surface area contributed by atoms with Crippen molar-refractivity contribution in [1.82, 2.24) is 0 Å². The monoisotopic (exact) mass is 429 g/mol. The number of halogens is 1. The van der Waals surface area contributed by atoms with Gasteiger partial charge in [-0.15, -0.1) is 6.58 Å². The third-order valence-corrected chi connectivity index (χ3v) is 4.95. The van der Waals surface area contributed by atoms with Crippen molar-refractivity contribution in [2.45, 2.75) is 13.8 Å². The molecule has 1 aliphatic heterocycles. The number of rotatable bonds is 5. The Hall–Kier alpha value is -3.39. The van der Waals surface area contributed by atoms with Crippen molar-refractivity contribution in [1.29, 1.82) is 0 Å². The molecule has 2 aromatic rings. The average molecular weight is 430 g/mol. The third-order valence-electron chi connectivity index (χ3n) is 4.64. The molecule has 0 unspecified atom stereocenters. The number of nitro benzene ring substituents is 1. The van der Waals surface area contributed by atoms with Gasteiger partial charge >= 0.3 is 0 Å². The Morgan fingerprint density at radius 3 is 2.73 bits per heavy atom. The largest absolute Gasteiger partial charge is 0.490 e. The maximum atomic E-state index is 12.9. The lowest BCUT2D eigenvalue weighted by atomic mass is 9.93. The zero-order valence-corrected chi connectivity index (χ0v) is 17.2. The lowest BCUT2D eigenvalue weighted by molar-refractivity contribution is -0.384. The first-order valence-electron chi connectivity index (χ1n) is 9.09. The molecule has 0 fully saturated rings. The fourth-order valence-electron chi connectivity index (χ4n) is 3.03. The summed E-state index contributed by atoms with van der Waals surface area (Å²) in [6.45, 7) is 7.82. The van der Waals surface area contributed by atoms with Crippen LogP contribution in [0.25, 0.3) is 0 Å². The lowest BCUT2D eigenvalue weighted by Gasteiger charge is -2.27. The molecule has 8 nitrogen and oxygen atoms in total. The number of ether oxygens (including phenoxy) is 1. The van der Waals surface area contributed by atoms with Crippen LogP contribution < -0.4 is 15.0 Å². The molecule has 0 atom stereocenters. The quantitative estimate of drug-likeness (QED) is 0.430. The number of nitrogens with zero attached hydrogens (tertiary/aromatic N) is 2. The van der Waals surface area contributed by atoms with Gasteiger partial charge in [0.05, 0.1) is 26.6 Å². The number of carbonyl (C=O) groups excluding carboxylic acids is 2. The molecule has 9 heteroatoms. The van der Waals surface area contributed by atoms with E-state index in [2.05, 4.69) is 11.9 Å². The third kappa shape index (κ3) is 4.13. The normalized spacial score (nSPS) is 14.9. The molecule has 2 aromatic carbocycles. The second-order valence-corrected chi connectivity index (χ2v) is 7.84. The smallest absolute Gasteiger partial charge is 0.270 e. The predicted molar refractivity (Wildman–Crippen MR) is 114 cm³/mol. The molecule has 0 saturated heterocycles. The van der Waals surface area contributed by atoms with E-state index in [9.17, 15) is 19.7 Å². The number of non-ortho nitro benzene ring substituents is 1. The Morgan fingerprint density at radius 1 is 1.37 bits per heavy atom. The van der Waals surface area contributed by atoms with Crippen molar-refractivity contribution in [3.05, 3.63) is 69.8 Å². The highest BCUT2D eigenvalue weighted by atomic mass is 35.5. The van der Waals surface area contributed by atoms with Crippen molar-refractivity contribution in [3.63, 3.8) is 0 Å². The van der Waals surface area contributed by atoms with Gasteiger partial charge in [-0.05, 0) is 38.1 Å². The zero-order valence-electron chi connectivity index (χ0n) is 16.5. The van der Waals surface area contributed by atoms with E-state index < -0.39 is 16.2 Å². The first kappa shape index (κ1) is 21.3. The Bertz CT molecular complexity index is 1050. The summed E-state index contributed by atoms with van der Waals surface area (Å²) in [5.41, 5.74) is 0.0857. The molecule has 30 heavy (non-hydrogen) atoms. The SMILES string of the molecule is C=CCN1C(=O)C(C)(C)COc2ccc(NC(=O)c3ccc([N+](=O)[O-])cc3Cl)cc21. The molecule has 2 amide bonds. The van der Waals surface area contributed by atoms with Crippen molar-refractivity contribution >= 4 is 40.5 Å². The topological polar surface area (TPSA) is 102 Å². The molecule has 1 N–H and O–H groups in total. The molecule has 1 heterocycles. The first-order valence-corrected chi connectivity index (χ1v) is 9.47. The number of nitro groups is 1. The van der Waals surface area contributed by atoms with Crippen LogP contribution in [0.4, 0.5) is 17.1 Å². The van der Waals surface area contributed by atoms with Crippen molar-refractivity contribution in [2.75, 3.05) is 23.4 Å². The molecule has 0 bridgehead atoms. The van der Waals surface area contributed by atoms with Gasteiger partial charge in [-0.1, -0.05) is 17.7 Å². The molecule has 0 radical (unpaired) electrons. The first-order chi connectivity index (χ1) is 14.1. The number of anilines is 2. The van der Waals surface area contributed by atoms with Gasteiger partial charge in [0.2, 0.25) is 5.91 Å². The summed E-state index contributed by atoms with van der Waals surface area (Å²) in [5.74, 6) is -0.142. The molecule has 1 aliphatic rings. The van der Waals surface area contributed by atoms with E-state index in [-0.39, 0.29) is 35.3 Å². The van der Waals surface area contributed by atoms with Gasteiger partial charge < -0.3 is 15.0 Å². The van der Waals surface area contributed by atoms with Crippen LogP contribution in [0.1, 0.15) is 24.2 Å². The van der Waals surface area contributed by atoms with Crippen molar-refractivity contribution < 1.29 is 19.2 Å². The van der Waals surface area contributed by atoms with Gasteiger partial charge in [-0.3, -0.25) is 19.7 Å². The summed E-state index contributed by atoms with van der Waals surface area (Å²) in [7, 11) is 0. The van der Waals surface area contributed by atoms with E-state index >= 15 is 0 Å². The predicted octanol–water partition coefficient (Wildman–Crippen LogP) is 4.44. The highest BCUT2D eigenvalue weighted by molar-refractivity contribution is 6.34. The van der Waals surface area contributed by atoms with E-state index in [1.54, 1.807) is 43.0 Å². The van der Waals surface area contributed by atoms with Gasteiger partial charge in [0.1, 0.15) is 12.4 Å². The summed E-state index contributed by atoms with van der Waals surface area (Å²) in [4.78, 5) is 37.4. The minimum absolute atomic E-state index is 0.0370. The number of amides is 2. The second-order valence-electron chi connectivity index (χ2n) is 7.43. The molecule has 0 aliphatic carbocycles. The Kier molecular flexibility index (Phi) is 5.80. The fraction of sp³-hybridized carbons (Fsp3) is 0.238. The minimum atomic E-state index is -0.724. The number of hydrogen-bond donors (Lipinski definition) is 1. The summed E-state index contributed by atoms with van der Waals surface area (Å²) in [5, 5.41) is 13.5.